The lowest BCUT2D eigenvalue weighted by Gasteiger charge is -2.17. The van der Waals surface area contributed by atoms with E-state index in [1.54, 1.807) is 0 Å². The van der Waals surface area contributed by atoms with Crippen LogP contribution < -0.4 is 4.74 Å². The molecule has 0 amide bonds. The van der Waals surface area contributed by atoms with Gasteiger partial charge in [0.25, 0.3) is 10.1 Å². The minimum absolute atomic E-state index is 0.0240. The SMILES string of the molecule is O=CCOc1cc(S(=O)(=O)O)c(C(F)(F)F)c2ccccc12. The fraction of sp³-hybridized carbons (Fsp3) is 0.154. The van der Waals surface area contributed by atoms with Crippen molar-refractivity contribution in [2.75, 3.05) is 6.61 Å². The second kappa shape index (κ2) is 5.58. The van der Waals surface area contributed by atoms with Crippen LogP contribution in [0.1, 0.15) is 5.56 Å². The molecule has 0 radical (unpaired) electrons. The summed E-state index contributed by atoms with van der Waals surface area (Å²) in [5, 5.41) is -0.477. The lowest BCUT2D eigenvalue weighted by atomic mass is 10.0. The summed E-state index contributed by atoms with van der Waals surface area (Å²) < 4.78 is 76.3. The van der Waals surface area contributed by atoms with Crippen LogP contribution in [0.5, 0.6) is 5.75 Å². The molecule has 2 aromatic carbocycles. The van der Waals surface area contributed by atoms with E-state index >= 15 is 0 Å². The highest BCUT2D eigenvalue weighted by Gasteiger charge is 2.39. The van der Waals surface area contributed by atoms with Crippen molar-refractivity contribution >= 4 is 27.2 Å². The molecule has 0 bridgehead atoms. The minimum Gasteiger partial charge on any atom is -0.485 e. The molecule has 0 heterocycles. The predicted molar refractivity (Wildman–Crippen MR) is 70.3 cm³/mol. The van der Waals surface area contributed by atoms with E-state index in [1.807, 2.05) is 0 Å². The molecule has 0 aliphatic carbocycles. The Balaban J connectivity index is 2.94. The largest absolute Gasteiger partial charge is 0.485 e. The van der Waals surface area contributed by atoms with Gasteiger partial charge >= 0.3 is 6.18 Å². The first-order chi connectivity index (χ1) is 10.2. The van der Waals surface area contributed by atoms with Gasteiger partial charge in [-0.3, -0.25) is 9.35 Å². The van der Waals surface area contributed by atoms with E-state index in [-0.39, 0.29) is 11.1 Å². The zero-order valence-corrected chi connectivity index (χ0v) is 11.6. The fourth-order valence-electron chi connectivity index (χ4n) is 2.06. The first kappa shape index (κ1) is 16.2. The standard InChI is InChI=1S/C13H9F3O5S/c14-13(15,16)12-9-4-2-1-3-8(9)10(21-6-5-17)7-11(12)22(18,19)20/h1-5,7H,6H2,(H,18,19,20). The molecule has 0 aromatic heterocycles. The van der Waals surface area contributed by atoms with E-state index in [2.05, 4.69) is 0 Å². The van der Waals surface area contributed by atoms with Gasteiger partial charge in [-0.05, 0) is 5.39 Å². The van der Waals surface area contributed by atoms with Gasteiger partial charge in [0.05, 0.1) is 5.56 Å². The van der Waals surface area contributed by atoms with Gasteiger partial charge in [0.15, 0.2) is 6.29 Å². The fourth-order valence-corrected chi connectivity index (χ4v) is 2.80. The highest BCUT2D eigenvalue weighted by Crippen LogP contribution is 2.42. The first-order valence-electron chi connectivity index (χ1n) is 5.83. The molecule has 0 saturated carbocycles. The van der Waals surface area contributed by atoms with E-state index in [1.165, 1.54) is 18.2 Å². The number of carbonyl (C=O) groups excluding carboxylic acids is 1. The molecule has 9 heteroatoms. The summed E-state index contributed by atoms with van der Waals surface area (Å²) in [6.07, 6.45) is -4.65. The Morgan fingerprint density at radius 2 is 1.77 bits per heavy atom. The van der Waals surface area contributed by atoms with Crippen LogP contribution in [0.25, 0.3) is 10.8 Å². The summed E-state index contributed by atoms with van der Waals surface area (Å²) in [6, 6.07) is 5.63. The van der Waals surface area contributed by atoms with Crippen LogP contribution in [0.15, 0.2) is 35.2 Å². The number of halogens is 3. The summed E-state index contributed by atoms with van der Waals surface area (Å²) in [7, 11) is -5.14. The maximum absolute atomic E-state index is 13.2. The Kier molecular flexibility index (Phi) is 4.12. The quantitative estimate of drug-likeness (QED) is 0.687. The van der Waals surface area contributed by atoms with Crippen molar-refractivity contribution in [2.24, 2.45) is 0 Å². The third kappa shape index (κ3) is 3.04. The molecule has 0 aliphatic rings. The highest BCUT2D eigenvalue weighted by molar-refractivity contribution is 7.86. The third-order valence-electron chi connectivity index (χ3n) is 2.84. The second-order valence-electron chi connectivity index (χ2n) is 4.24. The Hall–Kier alpha value is -2.13. The van der Waals surface area contributed by atoms with Crippen molar-refractivity contribution in [2.45, 2.75) is 11.1 Å². The molecule has 0 atom stereocenters. The molecule has 0 aliphatic heterocycles. The Morgan fingerprint density at radius 3 is 2.27 bits per heavy atom. The van der Waals surface area contributed by atoms with Crippen molar-refractivity contribution in [1.82, 2.24) is 0 Å². The molecule has 0 fully saturated rings. The lowest BCUT2D eigenvalue weighted by Crippen LogP contribution is -2.14. The van der Waals surface area contributed by atoms with Gasteiger partial charge < -0.3 is 4.74 Å². The average Bonchev–Trinajstić information content (AvgIpc) is 2.41. The summed E-state index contributed by atoms with van der Waals surface area (Å²) >= 11 is 0. The van der Waals surface area contributed by atoms with Crippen LogP contribution in [-0.4, -0.2) is 25.9 Å². The summed E-state index contributed by atoms with van der Waals surface area (Å²) in [5.74, 6) is -0.247. The third-order valence-corrected chi connectivity index (χ3v) is 3.72. The topological polar surface area (TPSA) is 80.7 Å². The molecule has 118 valence electrons. The molecular weight excluding hydrogens is 325 g/mol. The van der Waals surface area contributed by atoms with Crippen LogP contribution in [0, 0.1) is 0 Å². The molecule has 0 unspecified atom stereocenters. The van der Waals surface area contributed by atoms with Crippen molar-refractivity contribution in [1.29, 1.82) is 0 Å². The van der Waals surface area contributed by atoms with E-state index < -0.39 is 38.7 Å². The molecule has 0 saturated heterocycles. The van der Waals surface area contributed by atoms with Gasteiger partial charge in [-0.1, -0.05) is 24.3 Å². The van der Waals surface area contributed by atoms with Gasteiger partial charge in [-0.25, -0.2) is 0 Å². The number of aldehydes is 1. The minimum atomic E-state index is -5.14. The second-order valence-corrected chi connectivity index (χ2v) is 5.63. The van der Waals surface area contributed by atoms with Crippen molar-refractivity contribution in [3.8, 4) is 5.75 Å². The molecule has 0 spiro atoms. The van der Waals surface area contributed by atoms with Crippen LogP contribution in [0.2, 0.25) is 0 Å². The predicted octanol–water partition coefficient (Wildman–Crippen LogP) is 2.68. The summed E-state index contributed by atoms with van der Waals surface area (Å²) in [5.41, 5.74) is -1.48. The molecule has 22 heavy (non-hydrogen) atoms. The Morgan fingerprint density at radius 1 is 1.18 bits per heavy atom. The number of ether oxygens (including phenoxy) is 1. The number of hydrogen-bond acceptors (Lipinski definition) is 4. The van der Waals surface area contributed by atoms with E-state index in [4.69, 9.17) is 9.29 Å². The van der Waals surface area contributed by atoms with Gasteiger partial charge in [0.2, 0.25) is 0 Å². The zero-order valence-electron chi connectivity index (χ0n) is 10.8. The van der Waals surface area contributed by atoms with Crippen molar-refractivity contribution in [3.05, 3.63) is 35.9 Å². The first-order valence-corrected chi connectivity index (χ1v) is 7.27. The maximum atomic E-state index is 13.2. The van der Waals surface area contributed by atoms with Crippen LogP contribution in [0.3, 0.4) is 0 Å². The number of benzene rings is 2. The lowest BCUT2D eigenvalue weighted by molar-refractivity contribution is -0.138. The summed E-state index contributed by atoms with van der Waals surface area (Å²) in [4.78, 5) is 9.03. The number of rotatable bonds is 4. The van der Waals surface area contributed by atoms with E-state index in [0.717, 1.165) is 6.07 Å². The van der Waals surface area contributed by atoms with E-state index in [0.29, 0.717) is 12.4 Å². The van der Waals surface area contributed by atoms with Gasteiger partial charge in [0.1, 0.15) is 17.3 Å². The number of fused-ring (bicyclic) bond motifs is 1. The van der Waals surface area contributed by atoms with Crippen molar-refractivity contribution in [3.63, 3.8) is 0 Å². The van der Waals surface area contributed by atoms with Crippen LogP contribution in [0.4, 0.5) is 13.2 Å². The average molecular weight is 334 g/mol. The molecule has 1 N–H and O–H groups in total. The monoisotopic (exact) mass is 334 g/mol. The molecule has 2 rings (SSSR count). The van der Waals surface area contributed by atoms with Gasteiger partial charge in [-0.15, -0.1) is 0 Å². The van der Waals surface area contributed by atoms with Gasteiger partial charge in [0, 0.05) is 11.5 Å². The smallest absolute Gasteiger partial charge is 0.418 e. The van der Waals surface area contributed by atoms with Crippen molar-refractivity contribution < 1.29 is 35.7 Å². The highest BCUT2D eigenvalue weighted by atomic mass is 32.2. The zero-order chi connectivity index (χ0) is 16.5. The van der Waals surface area contributed by atoms with Crippen LogP contribution in [-0.2, 0) is 21.1 Å². The molecule has 5 nitrogen and oxygen atoms in total. The molecular formula is C13H9F3O5S. The Labute approximate surface area is 123 Å². The summed E-state index contributed by atoms with van der Waals surface area (Å²) in [6.45, 7) is -0.472. The normalized spacial score (nSPS) is 12.4. The number of hydrogen-bond donors (Lipinski definition) is 1. The van der Waals surface area contributed by atoms with Gasteiger partial charge in [-0.2, -0.15) is 21.6 Å². The van der Waals surface area contributed by atoms with E-state index in [9.17, 15) is 26.4 Å². The Bertz CT molecular complexity index is 827. The van der Waals surface area contributed by atoms with Crippen LogP contribution >= 0.6 is 0 Å². The number of alkyl halides is 3. The maximum Gasteiger partial charge on any atom is 0.418 e. The number of carbonyl (C=O) groups is 1. The molecule has 2 aromatic rings.